The summed E-state index contributed by atoms with van der Waals surface area (Å²) in [4.78, 5) is 21.3. The number of nitrogens with two attached hydrogens (primary N) is 1. The second kappa shape index (κ2) is 7.43. The number of hydrogen-bond acceptors (Lipinski definition) is 6. The monoisotopic (exact) mass is 341 g/mol. The molecule has 2 aromatic heterocycles. The maximum absolute atomic E-state index is 11.2. The zero-order chi connectivity index (χ0) is 16.9. The molecule has 2 aromatic rings. The molecule has 1 saturated heterocycles. The van der Waals surface area contributed by atoms with Gasteiger partial charge in [-0.2, -0.15) is 5.26 Å². The summed E-state index contributed by atoms with van der Waals surface area (Å²) in [6.07, 6.45) is 2.74. The van der Waals surface area contributed by atoms with Crippen molar-refractivity contribution >= 4 is 23.1 Å². The van der Waals surface area contributed by atoms with Gasteiger partial charge in [-0.25, -0.2) is 4.98 Å². The lowest BCUT2D eigenvalue weighted by atomic mass is 10.2. The SMILES string of the molecule is N#Cc1cccnc1N1CCCN(Cc2cc(C(N)=O)cs2)CC1. The number of rotatable bonds is 4. The number of primary amides is 1. The third-order valence-electron chi connectivity index (χ3n) is 4.11. The van der Waals surface area contributed by atoms with Crippen LogP contribution in [0.25, 0.3) is 0 Å². The van der Waals surface area contributed by atoms with Gasteiger partial charge in [0, 0.05) is 49.2 Å². The summed E-state index contributed by atoms with van der Waals surface area (Å²) >= 11 is 1.57. The van der Waals surface area contributed by atoms with Gasteiger partial charge in [-0.15, -0.1) is 11.3 Å². The average Bonchev–Trinajstić information content (AvgIpc) is 2.94. The molecular weight excluding hydrogens is 322 g/mol. The van der Waals surface area contributed by atoms with E-state index in [4.69, 9.17) is 5.73 Å². The summed E-state index contributed by atoms with van der Waals surface area (Å²) in [6, 6.07) is 7.69. The molecule has 3 rings (SSSR count). The lowest BCUT2D eigenvalue weighted by molar-refractivity contribution is 0.100. The molecular formula is C17H19N5OS. The minimum atomic E-state index is -0.376. The Morgan fingerprint density at radius 3 is 3.00 bits per heavy atom. The lowest BCUT2D eigenvalue weighted by Gasteiger charge is -2.23. The predicted octanol–water partition coefficient (Wildman–Crippen LogP) is 1.83. The minimum Gasteiger partial charge on any atom is -0.366 e. The first-order chi connectivity index (χ1) is 11.7. The first-order valence-electron chi connectivity index (χ1n) is 7.87. The first kappa shape index (κ1) is 16.4. The molecule has 7 heteroatoms. The number of nitriles is 1. The van der Waals surface area contributed by atoms with Gasteiger partial charge >= 0.3 is 0 Å². The molecule has 0 radical (unpaired) electrons. The van der Waals surface area contributed by atoms with Gasteiger partial charge in [-0.05, 0) is 24.6 Å². The Hall–Kier alpha value is -2.43. The summed E-state index contributed by atoms with van der Waals surface area (Å²) < 4.78 is 0. The molecule has 1 aliphatic rings. The van der Waals surface area contributed by atoms with Crippen molar-refractivity contribution in [2.45, 2.75) is 13.0 Å². The van der Waals surface area contributed by atoms with E-state index >= 15 is 0 Å². The molecule has 6 nitrogen and oxygen atoms in total. The summed E-state index contributed by atoms with van der Waals surface area (Å²) in [5.74, 6) is 0.396. The summed E-state index contributed by atoms with van der Waals surface area (Å²) in [6.45, 7) is 4.41. The van der Waals surface area contributed by atoms with Gasteiger partial charge in [0.25, 0.3) is 0 Å². The van der Waals surface area contributed by atoms with E-state index < -0.39 is 0 Å². The standard InChI is InChI=1S/C17H19N5OS/c18-10-13-3-1-4-20-17(13)22-6-2-5-21(7-8-22)11-15-9-14(12-24-15)16(19)23/h1,3-4,9,12H,2,5-8,11H2,(H2,19,23). The van der Waals surface area contributed by atoms with Crippen molar-refractivity contribution in [1.29, 1.82) is 5.26 Å². The second-order valence-electron chi connectivity index (χ2n) is 5.77. The molecule has 0 aliphatic carbocycles. The van der Waals surface area contributed by atoms with Crippen LogP contribution in [0.5, 0.6) is 0 Å². The summed E-state index contributed by atoms with van der Waals surface area (Å²) in [5.41, 5.74) is 6.51. The highest BCUT2D eigenvalue weighted by molar-refractivity contribution is 7.10. The van der Waals surface area contributed by atoms with Crippen LogP contribution in [0.4, 0.5) is 5.82 Å². The number of pyridine rings is 1. The van der Waals surface area contributed by atoms with Crippen molar-refractivity contribution in [2.75, 3.05) is 31.1 Å². The third-order valence-corrected chi connectivity index (χ3v) is 5.03. The zero-order valence-electron chi connectivity index (χ0n) is 13.3. The number of amides is 1. The van der Waals surface area contributed by atoms with Crippen LogP contribution in [-0.4, -0.2) is 42.0 Å². The molecule has 0 bridgehead atoms. The first-order valence-corrected chi connectivity index (χ1v) is 8.75. The maximum Gasteiger partial charge on any atom is 0.249 e. The maximum atomic E-state index is 11.2. The predicted molar refractivity (Wildman–Crippen MR) is 93.9 cm³/mol. The molecule has 1 fully saturated rings. The van der Waals surface area contributed by atoms with Crippen LogP contribution in [0.15, 0.2) is 29.8 Å². The van der Waals surface area contributed by atoms with Crippen LogP contribution < -0.4 is 10.6 Å². The van der Waals surface area contributed by atoms with E-state index in [2.05, 4.69) is 20.9 Å². The molecule has 124 valence electrons. The molecule has 24 heavy (non-hydrogen) atoms. The molecule has 0 saturated carbocycles. The number of anilines is 1. The van der Waals surface area contributed by atoms with E-state index in [1.54, 1.807) is 23.6 Å². The Bertz CT molecular complexity index is 766. The zero-order valence-corrected chi connectivity index (χ0v) is 14.1. The fourth-order valence-electron chi connectivity index (χ4n) is 2.89. The Morgan fingerprint density at radius 1 is 1.38 bits per heavy atom. The van der Waals surface area contributed by atoms with Crippen LogP contribution in [0.3, 0.4) is 0 Å². The summed E-state index contributed by atoms with van der Waals surface area (Å²) in [7, 11) is 0. The van der Waals surface area contributed by atoms with Crippen molar-refractivity contribution in [1.82, 2.24) is 9.88 Å². The van der Waals surface area contributed by atoms with Crippen molar-refractivity contribution in [2.24, 2.45) is 5.73 Å². The quantitative estimate of drug-likeness (QED) is 0.917. The topological polar surface area (TPSA) is 86.2 Å². The molecule has 1 amide bonds. The average molecular weight is 341 g/mol. The normalized spacial score (nSPS) is 15.7. The van der Waals surface area contributed by atoms with Gasteiger partial charge < -0.3 is 10.6 Å². The Kier molecular flexibility index (Phi) is 5.08. The molecule has 2 N–H and O–H groups in total. The second-order valence-corrected chi connectivity index (χ2v) is 6.76. The number of carbonyl (C=O) groups excluding carboxylic acids is 1. The Labute approximate surface area is 145 Å². The Balaban J connectivity index is 1.64. The Morgan fingerprint density at radius 2 is 2.25 bits per heavy atom. The van der Waals surface area contributed by atoms with E-state index in [0.29, 0.717) is 11.1 Å². The van der Waals surface area contributed by atoms with Gasteiger partial charge in [0.2, 0.25) is 5.91 Å². The van der Waals surface area contributed by atoms with Gasteiger partial charge in [0.05, 0.1) is 11.1 Å². The van der Waals surface area contributed by atoms with Gasteiger partial charge in [0.1, 0.15) is 11.9 Å². The van der Waals surface area contributed by atoms with Gasteiger partial charge in [-0.1, -0.05) is 0 Å². The number of carbonyl (C=O) groups is 1. The molecule has 1 aliphatic heterocycles. The number of thiophene rings is 1. The van der Waals surface area contributed by atoms with Crippen molar-refractivity contribution in [3.05, 3.63) is 45.8 Å². The lowest BCUT2D eigenvalue weighted by Crippen LogP contribution is -2.31. The third kappa shape index (κ3) is 3.72. The van der Waals surface area contributed by atoms with Crippen LogP contribution >= 0.6 is 11.3 Å². The highest BCUT2D eigenvalue weighted by Gasteiger charge is 2.19. The fraction of sp³-hybridized carbons (Fsp3) is 0.353. The molecule has 0 aromatic carbocycles. The fourth-order valence-corrected chi connectivity index (χ4v) is 3.80. The van der Waals surface area contributed by atoms with Crippen molar-refractivity contribution in [3.63, 3.8) is 0 Å². The van der Waals surface area contributed by atoms with Gasteiger partial charge in [0.15, 0.2) is 0 Å². The molecule has 0 spiro atoms. The van der Waals surface area contributed by atoms with E-state index in [1.165, 1.54) is 0 Å². The summed E-state index contributed by atoms with van der Waals surface area (Å²) in [5, 5.41) is 11.1. The largest absolute Gasteiger partial charge is 0.366 e. The van der Waals surface area contributed by atoms with E-state index in [0.717, 1.165) is 49.8 Å². The number of nitrogens with zero attached hydrogens (tertiary/aromatic N) is 4. The molecule has 3 heterocycles. The van der Waals surface area contributed by atoms with Gasteiger partial charge in [-0.3, -0.25) is 9.69 Å². The number of aromatic nitrogens is 1. The van der Waals surface area contributed by atoms with Crippen LogP contribution in [-0.2, 0) is 6.54 Å². The van der Waals surface area contributed by atoms with E-state index in [1.807, 2.05) is 17.5 Å². The van der Waals surface area contributed by atoms with Crippen molar-refractivity contribution in [3.8, 4) is 6.07 Å². The van der Waals surface area contributed by atoms with Crippen LogP contribution in [0, 0.1) is 11.3 Å². The van der Waals surface area contributed by atoms with Crippen LogP contribution in [0.2, 0.25) is 0 Å². The van der Waals surface area contributed by atoms with Crippen LogP contribution in [0.1, 0.15) is 27.2 Å². The highest BCUT2D eigenvalue weighted by Crippen LogP contribution is 2.20. The highest BCUT2D eigenvalue weighted by atomic mass is 32.1. The van der Waals surface area contributed by atoms with E-state index in [-0.39, 0.29) is 5.91 Å². The van der Waals surface area contributed by atoms with Crippen molar-refractivity contribution < 1.29 is 4.79 Å². The minimum absolute atomic E-state index is 0.376. The molecule has 0 unspecified atom stereocenters. The van der Waals surface area contributed by atoms with E-state index in [9.17, 15) is 10.1 Å². The smallest absolute Gasteiger partial charge is 0.249 e. The molecule has 0 atom stereocenters. The number of hydrogen-bond donors (Lipinski definition) is 1.